The van der Waals surface area contributed by atoms with Gasteiger partial charge in [0.05, 0.1) is 6.04 Å². The Morgan fingerprint density at radius 2 is 1.94 bits per heavy atom. The first-order valence-electron chi connectivity index (χ1n) is 7.36. The second-order valence-electron chi connectivity index (χ2n) is 6.21. The van der Waals surface area contributed by atoms with Gasteiger partial charge in [0, 0.05) is 19.1 Å². The molecule has 4 heteroatoms. The molecule has 2 heterocycles. The number of hydrogen-bond donors (Lipinski definition) is 1. The van der Waals surface area contributed by atoms with Gasteiger partial charge in [0.15, 0.2) is 0 Å². The van der Waals surface area contributed by atoms with Gasteiger partial charge in [-0.25, -0.2) is 0 Å². The minimum atomic E-state index is -0.303. The van der Waals surface area contributed by atoms with Crippen molar-refractivity contribution in [2.75, 3.05) is 26.2 Å². The maximum atomic E-state index is 12.2. The van der Waals surface area contributed by atoms with E-state index in [4.69, 9.17) is 5.73 Å². The molecule has 0 radical (unpaired) electrons. The third kappa shape index (κ3) is 3.23. The number of carbonyl (C=O) groups is 1. The zero-order valence-electron chi connectivity index (χ0n) is 11.8. The molecular weight excluding hydrogens is 226 g/mol. The summed E-state index contributed by atoms with van der Waals surface area (Å²) >= 11 is 0. The van der Waals surface area contributed by atoms with Crippen molar-refractivity contribution < 1.29 is 4.79 Å². The van der Waals surface area contributed by atoms with E-state index in [9.17, 15) is 4.79 Å². The fourth-order valence-corrected chi connectivity index (χ4v) is 3.19. The molecule has 2 aliphatic rings. The van der Waals surface area contributed by atoms with Crippen molar-refractivity contribution in [3.05, 3.63) is 0 Å². The van der Waals surface area contributed by atoms with Crippen LogP contribution in [0.4, 0.5) is 0 Å². The molecule has 0 spiro atoms. The van der Waals surface area contributed by atoms with E-state index in [0.29, 0.717) is 12.0 Å². The van der Waals surface area contributed by atoms with Crippen LogP contribution in [0.15, 0.2) is 0 Å². The molecule has 0 aromatic heterocycles. The molecule has 0 aromatic carbocycles. The van der Waals surface area contributed by atoms with E-state index in [-0.39, 0.29) is 11.9 Å². The standard InChI is InChI=1S/C14H27N3O/c1-11(2)9-13(15)14(18)17-8-5-12(10-17)16-6-3-4-7-16/h11-13H,3-10,15H2,1-2H3/t12?,13-/m0/s1. The fourth-order valence-electron chi connectivity index (χ4n) is 3.19. The highest BCUT2D eigenvalue weighted by molar-refractivity contribution is 5.81. The number of rotatable bonds is 4. The fraction of sp³-hybridized carbons (Fsp3) is 0.929. The Labute approximate surface area is 110 Å². The Morgan fingerprint density at radius 3 is 2.56 bits per heavy atom. The van der Waals surface area contributed by atoms with Gasteiger partial charge in [0.1, 0.15) is 0 Å². The molecule has 2 aliphatic heterocycles. The highest BCUT2D eigenvalue weighted by Gasteiger charge is 2.33. The van der Waals surface area contributed by atoms with Crippen molar-refractivity contribution in [1.29, 1.82) is 0 Å². The van der Waals surface area contributed by atoms with Gasteiger partial charge >= 0.3 is 0 Å². The second-order valence-corrected chi connectivity index (χ2v) is 6.21. The minimum absolute atomic E-state index is 0.158. The lowest BCUT2D eigenvalue weighted by Gasteiger charge is -2.25. The summed E-state index contributed by atoms with van der Waals surface area (Å²) < 4.78 is 0. The van der Waals surface area contributed by atoms with Crippen molar-refractivity contribution in [3.8, 4) is 0 Å². The van der Waals surface area contributed by atoms with Crippen LogP contribution < -0.4 is 5.73 Å². The lowest BCUT2D eigenvalue weighted by molar-refractivity contribution is -0.132. The van der Waals surface area contributed by atoms with Crippen LogP contribution in [0.2, 0.25) is 0 Å². The molecule has 2 rings (SSSR count). The molecule has 0 bridgehead atoms. The van der Waals surface area contributed by atoms with Gasteiger partial charge < -0.3 is 10.6 Å². The van der Waals surface area contributed by atoms with Gasteiger partial charge in [0.2, 0.25) is 5.91 Å². The normalized spacial score (nSPS) is 27.1. The van der Waals surface area contributed by atoms with Crippen LogP contribution in [-0.4, -0.2) is 54.0 Å². The molecule has 0 aromatic rings. The van der Waals surface area contributed by atoms with E-state index < -0.39 is 0 Å². The predicted molar refractivity (Wildman–Crippen MR) is 73.2 cm³/mol. The third-order valence-electron chi connectivity index (χ3n) is 4.17. The molecule has 1 amide bonds. The summed E-state index contributed by atoms with van der Waals surface area (Å²) in [5.74, 6) is 0.645. The molecule has 4 nitrogen and oxygen atoms in total. The first-order valence-corrected chi connectivity index (χ1v) is 7.36. The van der Waals surface area contributed by atoms with Gasteiger partial charge in [-0.1, -0.05) is 13.8 Å². The number of carbonyl (C=O) groups excluding carboxylic acids is 1. The summed E-state index contributed by atoms with van der Waals surface area (Å²) in [6, 6.07) is 0.282. The minimum Gasteiger partial charge on any atom is -0.340 e. The molecule has 2 atom stereocenters. The quantitative estimate of drug-likeness (QED) is 0.815. The van der Waals surface area contributed by atoms with Gasteiger partial charge in [0.25, 0.3) is 0 Å². The maximum absolute atomic E-state index is 12.2. The monoisotopic (exact) mass is 253 g/mol. The Balaban J connectivity index is 1.82. The summed E-state index contributed by atoms with van der Waals surface area (Å²) in [7, 11) is 0. The summed E-state index contributed by atoms with van der Waals surface area (Å²) in [6.07, 6.45) is 4.55. The Kier molecular flexibility index (Phi) is 4.62. The van der Waals surface area contributed by atoms with Crippen LogP contribution in [0.3, 0.4) is 0 Å². The van der Waals surface area contributed by atoms with Gasteiger partial charge in [-0.05, 0) is 44.7 Å². The molecule has 0 saturated carbocycles. The zero-order valence-corrected chi connectivity index (χ0v) is 11.8. The zero-order chi connectivity index (χ0) is 13.1. The maximum Gasteiger partial charge on any atom is 0.239 e. The molecule has 1 unspecified atom stereocenters. The van der Waals surface area contributed by atoms with Crippen molar-refractivity contribution >= 4 is 5.91 Å². The number of amides is 1. The SMILES string of the molecule is CC(C)C[C@H](N)C(=O)N1CCC(N2CCCC2)C1. The predicted octanol–water partition coefficient (Wildman–Crippen LogP) is 1.06. The van der Waals surface area contributed by atoms with E-state index in [1.165, 1.54) is 25.9 Å². The number of hydrogen-bond acceptors (Lipinski definition) is 3. The Morgan fingerprint density at radius 1 is 1.28 bits per heavy atom. The first kappa shape index (κ1) is 13.8. The highest BCUT2D eigenvalue weighted by Crippen LogP contribution is 2.21. The van der Waals surface area contributed by atoms with Crippen molar-refractivity contribution in [1.82, 2.24) is 9.80 Å². The van der Waals surface area contributed by atoms with Crippen LogP contribution in [0.1, 0.15) is 39.5 Å². The summed E-state index contributed by atoms with van der Waals surface area (Å²) in [5.41, 5.74) is 5.99. The number of likely N-dealkylation sites (tertiary alicyclic amines) is 2. The molecule has 2 N–H and O–H groups in total. The van der Waals surface area contributed by atoms with Crippen molar-refractivity contribution in [2.24, 2.45) is 11.7 Å². The van der Waals surface area contributed by atoms with Crippen molar-refractivity contribution in [3.63, 3.8) is 0 Å². The van der Waals surface area contributed by atoms with Gasteiger partial charge in [-0.3, -0.25) is 9.69 Å². The summed E-state index contributed by atoms with van der Waals surface area (Å²) in [6.45, 7) is 8.44. The molecule has 18 heavy (non-hydrogen) atoms. The van der Waals surface area contributed by atoms with E-state index in [1.807, 2.05) is 4.90 Å². The number of nitrogens with two attached hydrogens (primary N) is 1. The van der Waals surface area contributed by atoms with E-state index >= 15 is 0 Å². The largest absolute Gasteiger partial charge is 0.340 e. The van der Waals surface area contributed by atoms with E-state index in [2.05, 4.69) is 18.7 Å². The van der Waals surface area contributed by atoms with Crippen molar-refractivity contribution in [2.45, 2.75) is 51.6 Å². The summed E-state index contributed by atoms with van der Waals surface area (Å²) in [4.78, 5) is 16.7. The van der Waals surface area contributed by atoms with Crippen LogP contribution in [0.5, 0.6) is 0 Å². The summed E-state index contributed by atoms with van der Waals surface area (Å²) in [5, 5.41) is 0. The Hall–Kier alpha value is -0.610. The number of nitrogens with zero attached hydrogens (tertiary/aromatic N) is 2. The van der Waals surface area contributed by atoms with E-state index in [1.54, 1.807) is 0 Å². The highest BCUT2D eigenvalue weighted by atomic mass is 16.2. The topological polar surface area (TPSA) is 49.6 Å². The van der Waals surface area contributed by atoms with Crippen LogP contribution >= 0.6 is 0 Å². The molecule has 2 fully saturated rings. The molecule has 0 aliphatic carbocycles. The van der Waals surface area contributed by atoms with Crippen LogP contribution in [0.25, 0.3) is 0 Å². The lowest BCUT2D eigenvalue weighted by Crippen LogP contribution is -2.45. The average molecular weight is 253 g/mol. The second kappa shape index (κ2) is 6.02. The molecule has 2 saturated heterocycles. The average Bonchev–Trinajstić information content (AvgIpc) is 2.97. The third-order valence-corrected chi connectivity index (χ3v) is 4.17. The molecular formula is C14H27N3O. The van der Waals surface area contributed by atoms with Gasteiger partial charge in [-0.2, -0.15) is 0 Å². The van der Waals surface area contributed by atoms with E-state index in [0.717, 1.165) is 25.9 Å². The molecule has 104 valence electrons. The Bertz CT molecular complexity index is 287. The van der Waals surface area contributed by atoms with Gasteiger partial charge in [-0.15, -0.1) is 0 Å². The lowest BCUT2D eigenvalue weighted by atomic mass is 10.0. The smallest absolute Gasteiger partial charge is 0.239 e. The van der Waals surface area contributed by atoms with Crippen LogP contribution in [0, 0.1) is 5.92 Å². The first-order chi connectivity index (χ1) is 8.58. The van der Waals surface area contributed by atoms with Crippen LogP contribution in [-0.2, 0) is 4.79 Å².